The first-order chi connectivity index (χ1) is 11.0. The third-order valence-corrected chi connectivity index (χ3v) is 3.77. The van der Waals surface area contributed by atoms with Gasteiger partial charge in [-0.3, -0.25) is 9.78 Å². The Morgan fingerprint density at radius 3 is 2.70 bits per heavy atom. The van der Waals surface area contributed by atoms with Crippen molar-refractivity contribution in [2.24, 2.45) is 0 Å². The van der Waals surface area contributed by atoms with Crippen LogP contribution in [0.25, 0.3) is 16.6 Å². The van der Waals surface area contributed by atoms with Gasteiger partial charge in [0.05, 0.1) is 11.1 Å². The van der Waals surface area contributed by atoms with Gasteiger partial charge in [-0.05, 0) is 44.0 Å². The second-order valence-electron chi connectivity index (χ2n) is 5.61. The van der Waals surface area contributed by atoms with Gasteiger partial charge in [0.2, 0.25) is 0 Å². The van der Waals surface area contributed by atoms with Gasteiger partial charge in [-0.2, -0.15) is 5.10 Å². The van der Waals surface area contributed by atoms with Crippen LogP contribution in [0.4, 0.5) is 0 Å². The number of carbonyl (C=O) groups is 1. The molecule has 0 aliphatic rings. The second kappa shape index (κ2) is 5.83. The zero-order valence-corrected chi connectivity index (χ0v) is 13.8. The van der Waals surface area contributed by atoms with E-state index >= 15 is 0 Å². The van der Waals surface area contributed by atoms with Gasteiger partial charge in [-0.1, -0.05) is 6.92 Å². The summed E-state index contributed by atoms with van der Waals surface area (Å²) in [5, 5.41) is 4.59. The van der Waals surface area contributed by atoms with Crippen molar-refractivity contribution in [1.29, 1.82) is 0 Å². The molecule has 0 unspecified atom stereocenters. The molecule has 3 aromatic heterocycles. The smallest absolute Gasteiger partial charge is 0.308 e. The lowest BCUT2D eigenvalue weighted by molar-refractivity contribution is -0.131. The summed E-state index contributed by atoms with van der Waals surface area (Å²) in [5.74, 6) is 0.140. The molecular weight excluding hydrogens is 290 g/mol. The largest absolute Gasteiger partial charge is 0.424 e. The molecule has 0 atom stereocenters. The molecule has 0 spiro atoms. The summed E-state index contributed by atoms with van der Waals surface area (Å²) in [5.41, 5.74) is 5.51. The molecule has 0 saturated heterocycles. The van der Waals surface area contributed by atoms with E-state index in [2.05, 4.69) is 17.0 Å². The zero-order chi connectivity index (χ0) is 16.6. The Kier molecular flexibility index (Phi) is 3.86. The Balaban J connectivity index is 2.38. The Morgan fingerprint density at radius 1 is 1.26 bits per heavy atom. The minimum Gasteiger partial charge on any atom is -0.424 e. The first-order valence-electron chi connectivity index (χ1n) is 7.63. The number of pyridine rings is 1. The van der Waals surface area contributed by atoms with Crippen LogP contribution in [0.1, 0.15) is 30.8 Å². The molecule has 118 valence electrons. The van der Waals surface area contributed by atoms with Gasteiger partial charge in [0, 0.05) is 30.6 Å². The number of hydrogen-bond donors (Lipinski definition) is 0. The van der Waals surface area contributed by atoms with Gasteiger partial charge in [0.1, 0.15) is 5.69 Å². The van der Waals surface area contributed by atoms with Gasteiger partial charge in [-0.25, -0.2) is 4.52 Å². The Hall–Kier alpha value is -2.69. The lowest BCUT2D eigenvalue weighted by Gasteiger charge is -2.14. The Morgan fingerprint density at radius 2 is 2.04 bits per heavy atom. The maximum atomic E-state index is 11.5. The SMILES string of the molecule is CCc1ccc2c(-c3cncc(C)c3)c(OC(C)=O)c(C)nn12. The third-order valence-electron chi connectivity index (χ3n) is 3.77. The number of fused-ring (bicyclic) bond motifs is 1. The summed E-state index contributed by atoms with van der Waals surface area (Å²) >= 11 is 0. The van der Waals surface area contributed by atoms with E-state index < -0.39 is 0 Å². The highest BCUT2D eigenvalue weighted by Gasteiger charge is 2.19. The van der Waals surface area contributed by atoms with Crippen molar-refractivity contribution >= 4 is 11.5 Å². The number of aromatic nitrogens is 3. The molecule has 0 aliphatic carbocycles. The second-order valence-corrected chi connectivity index (χ2v) is 5.61. The predicted octanol–water partition coefficient (Wildman–Crippen LogP) is 3.50. The molecule has 5 heteroatoms. The lowest BCUT2D eigenvalue weighted by atomic mass is 10.0. The predicted molar refractivity (Wildman–Crippen MR) is 88.6 cm³/mol. The molecule has 0 aliphatic heterocycles. The van der Waals surface area contributed by atoms with Crippen molar-refractivity contribution in [2.75, 3.05) is 0 Å². The average molecular weight is 309 g/mol. The third kappa shape index (κ3) is 2.70. The van der Waals surface area contributed by atoms with E-state index in [4.69, 9.17) is 4.74 Å². The van der Waals surface area contributed by atoms with Crippen LogP contribution in [0.3, 0.4) is 0 Å². The molecule has 0 radical (unpaired) electrons. The molecule has 23 heavy (non-hydrogen) atoms. The highest BCUT2D eigenvalue weighted by atomic mass is 16.5. The number of ether oxygens (including phenoxy) is 1. The summed E-state index contributed by atoms with van der Waals surface area (Å²) in [6.45, 7) is 7.33. The maximum Gasteiger partial charge on any atom is 0.308 e. The van der Waals surface area contributed by atoms with E-state index in [9.17, 15) is 4.79 Å². The highest BCUT2D eigenvalue weighted by Crippen LogP contribution is 2.36. The van der Waals surface area contributed by atoms with Crippen LogP contribution in [0, 0.1) is 13.8 Å². The van der Waals surface area contributed by atoms with Gasteiger partial charge in [0.15, 0.2) is 5.75 Å². The minimum absolute atomic E-state index is 0.358. The van der Waals surface area contributed by atoms with Crippen molar-refractivity contribution in [3.63, 3.8) is 0 Å². The van der Waals surface area contributed by atoms with Gasteiger partial charge >= 0.3 is 5.97 Å². The van der Waals surface area contributed by atoms with E-state index in [0.717, 1.165) is 34.3 Å². The molecule has 0 N–H and O–H groups in total. The standard InChI is InChI=1S/C18H19N3O2/c1-5-15-6-7-16-17(14-8-11(2)9-19-10-14)18(23-13(4)22)12(3)20-21(15)16/h6-10H,5H2,1-4H3. The van der Waals surface area contributed by atoms with Crippen molar-refractivity contribution in [1.82, 2.24) is 14.6 Å². The molecule has 0 saturated carbocycles. The van der Waals surface area contributed by atoms with E-state index in [1.807, 2.05) is 36.6 Å². The first kappa shape index (κ1) is 15.2. The summed E-state index contributed by atoms with van der Waals surface area (Å²) in [4.78, 5) is 15.8. The zero-order valence-electron chi connectivity index (χ0n) is 13.8. The van der Waals surface area contributed by atoms with Gasteiger partial charge in [-0.15, -0.1) is 0 Å². The Labute approximate surface area is 134 Å². The molecule has 3 aromatic rings. The molecule has 3 rings (SSSR count). The fraction of sp³-hybridized carbons (Fsp3) is 0.278. The Bertz CT molecular complexity index is 897. The number of aryl methyl sites for hydroxylation is 3. The quantitative estimate of drug-likeness (QED) is 0.695. The van der Waals surface area contributed by atoms with Crippen molar-refractivity contribution in [3.8, 4) is 16.9 Å². The topological polar surface area (TPSA) is 56.5 Å². The van der Waals surface area contributed by atoms with E-state index in [1.165, 1.54) is 6.92 Å². The summed E-state index contributed by atoms with van der Waals surface area (Å²) in [7, 11) is 0. The van der Waals surface area contributed by atoms with Crippen molar-refractivity contribution < 1.29 is 9.53 Å². The number of rotatable bonds is 3. The minimum atomic E-state index is -0.358. The van der Waals surface area contributed by atoms with Crippen LogP contribution in [-0.4, -0.2) is 20.6 Å². The summed E-state index contributed by atoms with van der Waals surface area (Å²) in [6, 6.07) is 6.09. The normalized spacial score (nSPS) is 11.0. The van der Waals surface area contributed by atoms with Crippen molar-refractivity contribution in [2.45, 2.75) is 34.1 Å². The van der Waals surface area contributed by atoms with Gasteiger partial charge < -0.3 is 4.74 Å². The van der Waals surface area contributed by atoms with Crippen LogP contribution in [0.5, 0.6) is 5.75 Å². The lowest BCUT2D eigenvalue weighted by Crippen LogP contribution is -2.09. The highest BCUT2D eigenvalue weighted by molar-refractivity contribution is 5.88. The summed E-state index contributed by atoms with van der Waals surface area (Å²) < 4.78 is 7.40. The molecule has 0 aromatic carbocycles. The van der Waals surface area contributed by atoms with E-state index in [1.54, 1.807) is 12.4 Å². The van der Waals surface area contributed by atoms with Crippen molar-refractivity contribution in [3.05, 3.63) is 47.5 Å². The fourth-order valence-corrected chi connectivity index (χ4v) is 2.78. The number of nitrogens with zero attached hydrogens (tertiary/aromatic N) is 3. The fourth-order valence-electron chi connectivity index (χ4n) is 2.78. The number of esters is 1. The monoisotopic (exact) mass is 309 g/mol. The molecule has 0 bridgehead atoms. The van der Waals surface area contributed by atoms with Crippen LogP contribution < -0.4 is 4.74 Å². The molecule has 0 fully saturated rings. The van der Waals surface area contributed by atoms with Crippen LogP contribution in [0.15, 0.2) is 30.6 Å². The molecule has 0 amide bonds. The number of hydrogen-bond acceptors (Lipinski definition) is 4. The van der Waals surface area contributed by atoms with Crippen LogP contribution >= 0.6 is 0 Å². The van der Waals surface area contributed by atoms with Crippen LogP contribution in [-0.2, 0) is 11.2 Å². The van der Waals surface area contributed by atoms with Gasteiger partial charge in [0.25, 0.3) is 0 Å². The number of carbonyl (C=O) groups excluding carboxylic acids is 1. The van der Waals surface area contributed by atoms with Crippen LogP contribution in [0.2, 0.25) is 0 Å². The summed E-state index contributed by atoms with van der Waals surface area (Å²) in [6.07, 6.45) is 4.46. The first-order valence-corrected chi connectivity index (χ1v) is 7.63. The van der Waals surface area contributed by atoms with E-state index in [0.29, 0.717) is 11.4 Å². The van der Waals surface area contributed by atoms with E-state index in [-0.39, 0.29) is 5.97 Å². The molecule has 3 heterocycles. The molecular formula is C18H19N3O2. The maximum absolute atomic E-state index is 11.5. The average Bonchev–Trinajstić information content (AvgIpc) is 2.89. The molecule has 5 nitrogen and oxygen atoms in total.